The largest absolute Gasteiger partial charge is 0.488 e. The molecule has 1 aliphatic rings. The van der Waals surface area contributed by atoms with Gasteiger partial charge in [0.25, 0.3) is 0 Å². The molecule has 0 amide bonds. The van der Waals surface area contributed by atoms with Crippen molar-refractivity contribution < 1.29 is 4.74 Å². The van der Waals surface area contributed by atoms with Crippen LogP contribution < -0.4 is 15.3 Å². The smallest absolute Gasteiger partial charge is 0.163 e. The SMILES string of the molecule is S=C1N=CCOc2ccc3ncnc(c3c2)N=c2cccc/c2=C/n2cccc21. The molecule has 3 heterocycles. The van der Waals surface area contributed by atoms with Crippen molar-refractivity contribution in [2.24, 2.45) is 9.98 Å². The molecule has 0 atom stereocenters. The topological polar surface area (TPSA) is 64.7 Å². The molecule has 5 rings (SSSR count). The summed E-state index contributed by atoms with van der Waals surface area (Å²) in [5, 5.41) is 2.55. The van der Waals surface area contributed by atoms with E-state index in [0.29, 0.717) is 23.2 Å². The Hall–Kier alpha value is -3.71. The molecule has 2 bridgehead atoms. The van der Waals surface area contributed by atoms with Gasteiger partial charge < -0.3 is 9.30 Å². The molecule has 0 N–H and O–H groups in total. The molecule has 2 aromatic heterocycles. The van der Waals surface area contributed by atoms with Crippen molar-refractivity contribution in [3.05, 3.63) is 83.4 Å². The molecule has 6 nitrogen and oxygen atoms in total. The van der Waals surface area contributed by atoms with E-state index in [1.807, 2.05) is 71.6 Å². The molecule has 29 heavy (non-hydrogen) atoms. The van der Waals surface area contributed by atoms with E-state index in [2.05, 4.69) is 15.0 Å². The first kappa shape index (κ1) is 17.4. The van der Waals surface area contributed by atoms with Crippen LogP contribution in [0.25, 0.3) is 17.1 Å². The second-order valence-electron chi connectivity index (χ2n) is 6.40. The Morgan fingerprint density at radius 1 is 1.00 bits per heavy atom. The number of hydrogen-bond donors (Lipinski definition) is 0. The zero-order valence-electron chi connectivity index (χ0n) is 15.3. The van der Waals surface area contributed by atoms with E-state index in [9.17, 15) is 0 Å². The predicted octanol–water partition coefficient (Wildman–Crippen LogP) is 2.81. The van der Waals surface area contributed by atoms with E-state index >= 15 is 0 Å². The Balaban J connectivity index is 1.83. The summed E-state index contributed by atoms with van der Waals surface area (Å²) in [6.45, 7) is 0.302. The van der Waals surface area contributed by atoms with E-state index in [4.69, 9.17) is 21.9 Å². The van der Waals surface area contributed by atoms with Crippen molar-refractivity contribution in [2.75, 3.05) is 6.61 Å². The highest BCUT2D eigenvalue weighted by Crippen LogP contribution is 2.25. The highest BCUT2D eigenvalue weighted by Gasteiger charge is 2.07. The number of aromatic nitrogens is 3. The number of thiocarbonyl (C=S) groups is 1. The van der Waals surface area contributed by atoms with Gasteiger partial charge in [0.15, 0.2) is 5.82 Å². The van der Waals surface area contributed by atoms with Crippen LogP contribution in [-0.4, -0.2) is 32.3 Å². The summed E-state index contributed by atoms with van der Waals surface area (Å²) < 4.78 is 7.76. The third-order valence-electron chi connectivity index (χ3n) is 4.56. The maximum atomic E-state index is 5.81. The fourth-order valence-electron chi connectivity index (χ4n) is 3.17. The molecule has 0 aliphatic carbocycles. The van der Waals surface area contributed by atoms with Gasteiger partial charge in [-0.3, -0.25) is 0 Å². The lowest BCUT2D eigenvalue weighted by atomic mass is 10.2. The van der Waals surface area contributed by atoms with Crippen LogP contribution in [0.2, 0.25) is 0 Å². The third-order valence-corrected chi connectivity index (χ3v) is 4.87. The molecule has 0 saturated carbocycles. The lowest BCUT2D eigenvalue weighted by Crippen LogP contribution is -2.25. The van der Waals surface area contributed by atoms with Crippen LogP contribution in [0.1, 0.15) is 5.69 Å². The monoisotopic (exact) mass is 397 g/mol. The minimum Gasteiger partial charge on any atom is -0.488 e. The molecule has 0 spiro atoms. The molecular formula is C22H15N5OS. The first-order valence-corrected chi connectivity index (χ1v) is 9.46. The summed E-state index contributed by atoms with van der Waals surface area (Å²) in [6.07, 6.45) is 7.12. The number of rotatable bonds is 0. The number of aliphatic imine (C=N–C) groups is 1. The van der Waals surface area contributed by atoms with Gasteiger partial charge in [-0.25, -0.2) is 20.0 Å². The summed E-state index contributed by atoms with van der Waals surface area (Å²) in [7, 11) is 0. The number of ether oxygens (including phenoxy) is 1. The average Bonchev–Trinajstić information content (AvgIpc) is 3.20. The average molecular weight is 397 g/mol. The number of para-hydroxylation sites is 1. The van der Waals surface area contributed by atoms with Gasteiger partial charge in [0, 0.05) is 29.2 Å². The van der Waals surface area contributed by atoms with Gasteiger partial charge in [-0.1, -0.05) is 30.4 Å². The summed E-state index contributed by atoms with van der Waals surface area (Å²) in [4.78, 5) is 18.4. The quantitative estimate of drug-likeness (QED) is 0.428. The van der Waals surface area contributed by atoms with Crippen molar-refractivity contribution in [1.29, 1.82) is 0 Å². The van der Waals surface area contributed by atoms with Crippen LogP contribution in [0.5, 0.6) is 5.75 Å². The maximum absolute atomic E-state index is 5.81. The van der Waals surface area contributed by atoms with Gasteiger partial charge in [0.05, 0.1) is 16.6 Å². The Bertz CT molecular complexity index is 1390. The zero-order chi connectivity index (χ0) is 19.6. The van der Waals surface area contributed by atoms with Gasteiger partial charge >= 0.3 is 0 Å². The maximum Gasteiger partial charge on any atom is 0.163 e. The third kappa shape index (κ3) is 3.43. The second-order valence-corrected chi connectivity index (χ2v) is 6.79. The Morgan fingerprint density at radius 2 is 1.93 bits per heavy atom. The molecule has 0 fully saturated rings. The van der Waals surface area contributed by atoms with Gasteiger partial charge in [0.2, 0.25) is 0 Å². The minimum absolute atomic E-state index is 0.302. The van der Waals surface area contributed by atoms with E-state index < -0.39 is 0 Å². The number of benzene rings is 2. The van der Waals surface area contributed by atoms with Crippen LogP contribution in [0.3, 0.4) is 0 Å². The highest BCUT2D eigenvalue weighted by molar-refractivity contribution is 7.80. The highest BCUT2D eigenvalue weighted by atomic mass is 32.1. The van der Waals surface area contributed by atoms with E-state index in [1.54, 1.807) is 6.21 Å². The summed E-state index contributed by atoms with van der Waals surface area (Å²) in [5.41, 5.74) is 1.63. The Morgan fingerprint density at radius 3 is 2.90 bits per heavy atom. The lowest BCUT2D eigenvalue weighted by Gasteiger charge is -2.05. The van der Waals surface area contributed by atoms with E-state index in [0.717, 1.165) is 27.2 Å². The minimum atomic E-state index is 0.302. The van der Waals surface area contributed by atoms with Crippen molar-refractivity contribution in [1.82, 2.24) is 14.5 Å². The molecule has 0 saturated heterocycles. The Kier molecular flexibility index (Phi) is 4.42. The summed E-state index contributed by atoms with van der Waals surface area (Å²) >= 11 is 5.49. The summed E-state index contributed by atoms with van der Waals surface area (Å²) in [6, 6.07) is 17.4. The number of hydrogen-bond acceptors (Lipinski definition) is 5. The molecule has 7 heteroatoms. The normalized spacial score (nSPS) is 14.6. The zero-order valence-corrected chi connectivity index (χ0v) is 16.1. The summed E-state index contributed by atoms with van der Waals surface area (Å²) in [5.74, 6) is 1.28. The molecule has 2 aromatic carbocycles. The molecular weight excluding hydrogens is 382 g/mol. The van der Waals surface area contributed by atoms with Gasteiger partial charge in [0.1, 0.15) is 23.7 Å². The first-order valence-electron chi connectivity index (χ1n) is 9.05. The van der Waals surface area contributed by atoms with Crippen LogP contribution in [0, 0.1) is 0 Å². The van der Waals surface area contributed by atoms with Crippen LogP contribution in [-0.2, 0) is 0 Å². The first-order chi connectivity index (χ1) is 14.3. The number of nitrogens with zero attached hydrogens (tertiary/aromatic N) is 5. The standard InChI is InChI=1S/C22H15N5OS/c29-22-20-6-3-10-27(20)13-15-4-1-2-5-18(15)26-21-17-12-16(28-11-9-23-22)7-8-19(17)24-14-25-21/h1-10,12-14H,11H2/b15-13-,23-9?,26-18?. The molecule has 1 aliphatic heterocycles. The predicted molar refractivity (Wildman–Crippen MR) is 116 cm³/mol. The molecule has 140 valence electrons. The van der Waals surface area contributed by atoms with E-state index in [1.165, 1.54) is 6.33 Å². The molecule has 0 radical (unpaired) electrons. The van der Waals surface area contributed by atoms with Crippen LogP contribution in [0.15, 0.2) is 77.1 Å². The second kappa shape index (κ2) is 7.37. The molecule has 0 unspecified atom stereocenters. The number of fused-ring (bicyclic) bond motifs is 3. The van der Waals surface area contributed by atoms with Crippen molar-refractivity contribution in [3.8, 4) is 5.75 Å². The fraction of sp³-hybridized carbons (Fsp3) is 0.0455. The van der Waals surface area contributed by atoms with Gasteiger partial charge in [-0.15, -0.1) is 0 Å². The van der Waals surface area contributed by atoms with Gasteiger partial charge in [-0.2, -0.15) is 0 Å². The fourth-order valence-corrected chi connectivity index (χ4v) is 3.42. The van der Waals surface area contributed by atoms with Crippen LogP contribution in [0.4, 0.5) is 5.82 Å². The van der Waals surface area contributed by atoms with Crippen molar-refractivity contribution in [2.45, 2.75) is 0 Å². The van der Waals surface area contributed by atoms with Crippen LogP contribution >= 0.6 is 12.2 Å². The lowest BCUT2D eigenvalue weighted by molar-refractivity contribution is 0.381. The Labute approximate surface area is 171 Å². The van der Waals surface area contributed by atoms with Crippen molar-refractivity contribution in [3.63, 3.8) is 0 Å². The van der Waals surface area contributed by atoms with Crippen molar-refractivity contribution >= 4 is 46.3 Å². The van der Waals surface area contributed by atoms with E-state index in [-0.39, 0.29) is 0 Å². The molecule has 4 aromatic rings. The van der Waals surface area contributed by atoms with Gasteiger partial charge in [-0.05, 0) is 36.4 Å².